The van der Waals surface area contributed by atoms with E-state index >= 15 is 0 Å². The number of hydrogen-bond acceptors (Lipinski definition) is 3. The van der Waals surface area contributed by atoms with E-state index in [2.05, 4.69) is 4.98 Å². The summed E-state index contributed by atoms with van der Waals surface area (Å²) in [5.74, 6) is -1.47. The van der Waals surface area contributed by atoms with E-state index in [4.69, 9.17) is 17.3 Å². The average molecular weight is 438 g/mol. The van der Waals surface area contributed by atoms with Gasteiger partial charge in [0, 0.05) is 17.4 Å². The molecule has 31 heavy (non-hydrogen) atoms. The molecular formula is C24H21ClFN3O2. The number of carbonyl (C=O) groups is 2. The van der Waals surface area contributed by atoms with Gasteiger partial charge in [0.25, 0.3) is 5.91 Å². The first-order valence-electron chi connectivity index (χ1n) is 9.94. The van der Waals surface area contributed by atoms with Crippen LogP contribution in [0.4, 0.5) is 4.39 Å². The van der Waals surface area contributed by atoms with Gasteiger partial charge in [0.1, 0.15) is 11.9 Å². The zero-order valence-electron chi connectivity index (χ0n) is 16.9. The quantitative estimate of drug-likeness (QED) is 0.636. The van der Waals surface area contributed by atoms with Gasteiger partial charge >= 0.3 is 0 Å². The number of nitrogens with two attached hydrogens (primary N) is 1. The molecule has 1 heterocycles. The fourth-order valence-electron chi connectivity index (χ4n) is 4.27. The third-order valence-corrected chi connectivity index (χ3v) is 5.94. The van der Waals surface area contributed by atoms with E-state index in [9.17, 15) is 14.0 Å². The second-order valence-electron chi connectivity index (χ2n) is 7.63. The fraction of sp³-hybridized carbons (Fsp3) is 0.208. The predicted molar refractivity (Wildman–Crippen MR) is 116 cm³/mol. The van der Waals surface area contributed by atoms with Crippen molar-refractivity contribution in [3.63, 3.8) is 0 Å². The van der Waals surface area contributed by atoms with Gasteiger partial charge in [-0.25, -0.2) is 4.39 Å². The highest BCUT2D eigenvalue weighted by atomic mass is 35.5. The van der Waals surface area contributed by atoms with Gasteiger partial charge in [0.05, 0.1) is 11.6 Å². The highest BCUT2D eigenvalue weighted by molar-refractivity contribution is 6.30. The van der Waals surface area contributed by atoms with Crippen molar-refractivity contribution in [1.29, 1.82) is 0 Å². The lowest BCUT2D eigenvalue weighted by molar-refractivity contribution is -0.123. The third-order valence-electron chi connectivity index (χ3n) is 5.72. The first-order chi connectivity index (χ1) is 14.9. The lowest BCUT2D eigenvalue weighted by Gasteiger charge is -2.36. The Labute approximate surface area is 184 Å². The molecule has 1 aromatic heterocycles. The molecule has 3 aromatic rings. The molecule has 0 unspecified atom stereocenters. The van der Waals surface area contributed by atoms with Crippen LogP contribution >= 0.6 is 11.6 Å². The molecule has 5 nitrogen and oxygen atoms in total. The number of pyridine rings is 1. The number of hydrogen-bond donors (Lipinski definition) is 1. The topological polar surface area (TPSA) is 76.3 Å². The van der Waals surface area contributed by atoms with Crippen LogP contribution in [0.1, 0.15) is 51.1 Å². The summed E-state index contributed by atoms with van der Waals surface area (Å²) in [6, 6.07) is 11.9. The minimum absolute atomic E-state index is 0.239. The predicted octanol–water partition coefficient (Wildman–Crippen LogP) is 4.54. The van der Waals surface area contributed by atoms with Crippen molar-refractivity contribution in [2.24, 2.45) is 5.73 Å². The summed E-state index contributed by atoms with van der Waals surface area (Å²) in [7, 11) is 0. The molecule has 1 aliphatic carbocycles. The number of halogens is 2. The molecule has 0 fully saturated rings. The number of carbonyl (C=O) groups excluding carboxylic acids is 2. The molecule has 2 atom stereocenters. The molecule has 1 aliphatic rings. The van der Waals surface area contributed by atoms with Crippen molar-refractivity contribution in [1.82, 2.24) is 9.88 Å². The van der Waals surface area contributed by atoms with Gasteiger partial charge in [0.2, 0.25) is 5.91 Å². The maximum Gasteiger partial charge on any atom is 0.257 e. The second-order valence-corrected chi connectivity index (χ2v) is 8.06. The Morgan fingerprint density at radius 2 is 1.97 bits per heavy atom. The van der Waals surface area contributed by atoms with Crippen LogP contribution in [-0.4, -0.2) is 21.7 Å². The number of fused-ring (bicyclic) bond motifs is 1. The lowest BCUT2D eigenvalue weighted by Crippen LogP contribution is -2.43. The van der Waals surface area contributed by atoms with Crippen LogP contribution in [0.5, 0.6) is 0 Å². The van der Waals surface area contributed by atoms with Gasteiger partial charge in [-0.1, -0.05) is 41.9 Å². The monoisotopic (exact) mass is 437 g/mol. The Kier molecular flexibility index (Phi) is 5.74. The highest BCUT2D eigenvalue weighted by Gasteiger charge is 2.40. The Balaban J connectivity index is 1.90. The Morgan fingerprint density at radius 1 is 1.23 bits per heavy atom. The van der Waals surface area contributed by atoms with Crippen molar-refractivity contribution in [3.05, 3.63) is 99.6 Å². The maximum absolute atomic E-state index is 14.6. The minimum Gasteiger partial charge on any atom is -0.368 e. The van der Waals surface area contributed by atoms with Crippen molar-refractivity contribution < 1.29 is 14.0 Å². The number of benzene rings is 2. The van der Waals surface area contributed by atoms with Gasteiger partial charge < -0.3 is 10.6 Å². The van der Waals surface area contributed by atoms with Crippen molar-refractivity contribution in [2.45, 2.75) is 31.8 Å². The van der Waals surface area contributed by atoms with E-state index in [-0.39, 0.29) is 5.02 Å². The van der Waals surface area contributed by atoms with Crippen LogP contribution in [0.3, 0.4) is 0 Å². The minimum atomic E-state index is -1.04. The van der Waals surface area contributed by atoms with Gasteiger partial charge in [-0.3, -0.25) is 14.6 Å². The molecule has 2 amide bonds. The number of rotatable bonds is 5. The van der Waals surface area contributed by atoms with Gasteiger partial charge in [-0.2, -0.15) is 0 Å². The van der Waals surface area contributed by atoms with Crippen molar-refractivity contribution in [2.75, 3.05) is 0 Å². The van der Waals surface area contributed by atoms with Crippen molar-refractivity contribution >= 4 is 23.4 Å². The number of primary amides is 1. The number of aromatic nitrogens is 1. The molecule has 0 aliphatic heterocycles. The summed E-state index contributed by atoms with van der Waals surface area (Å²) in [5.41, 5.74) is 8.59. The van der Waals surface area contributed by atoms with E-state index in [0.29, 0.717) is 35.1 Å². The Hall–Kier alpha value is -3.25. The van der Waals surface area contributed by atoms with Crippen LogP contribution in [0.2, 0.25) is 5.02 Å². The average Bonchev–Trinajstić information content (AvgIpc) is 3.16. The van der Waals surface area contributed by atoms with Crippen LogP contribution in [0.15, 0.2) is 60.9 Å². The molecule has 0 bridgehead atoms. The van der Waals surface area contributed by atoms with Crippen LogP contribution in [0, 0.1) is 12.7 Å². The summed E-state index contributed by atoms with van der Waals surface area (Å²) in [6.45, 7) is 1.80. The summed E-state index contributed by atoms with van der Waals surface area (Å²) in [4.78, 5) is 32.0. The standard InChI is InChI=1S/C24H21ClFN3O2/c1-14-9-10-28-13-19(14)24(31)29(22(23(27)30)15-5-3-2-4-6-15)21-8-7-17-18(21)11-16(25)12-20(17)26/h2-6,9-13,21-22H,7-8H2,1H3,(H2,27,30)/t21-,22-/m1/s1. The molecule has 0 radical (unpaired) electrons. The smallest absolute Gasteiger partial charge is 0.257 e. The summed E-state index contributed by atoms with van der Waals surface area (Å²) < 4.78 is 14.6. The molecule has 158 valence electrons. The molecular weight excluding hydrogens is 417 g/mol. The molecule has 4 rings (SSSR count). The number of nitrogens with zero attached hydrogens (tertiary/aromatic N) is 2. The summed E-state index contributed by atoms with van der Waals surface area (Å²) in [6.07, 6.45) is 3.95. The van der Waals surface area contributed by atoms with E-state index in [0.717, 1.165) is 5.56 Å². The van der Waals surface area contributed by atoms with Crippen LogP contribution < -0.4 is 5.73 Å². The van der Waals surface area contributed by atoms with Gasteiger partial charge in [0.15, 0.2) is 0 Å². The first-order valence-corrected chi connectivity index (χ1v) is 10.3. The molecule has 0 saturated heterocycles. The second kappa shape index (κ2) is 8.47. The van der Waals surface area contributed by atoms with E-state index in [1.807, 2.05) is 6.07 Å². The Morgan fingerprint density at radius 3 is 2.65 bits per heavy atom. The SMILES string of the molecule is Cc1ccncc1C(=O)N([C@@H]1CCc2c(F)cc(Cl)cc21)[C@@H](C(N)=O)c1ccccc1. The van der Waals surface area contributed by atoms with Crippen molar-refractivity contribution in [3.8, 4) is 0 Å². The largest absolute Gasteiger partial charge is 0.368 e. The van der Waals surface area contributed by atoms with Crippen LogP contribution in [-0.2, 0) is 11.2 Å². The number of amides is 2. The summed E-state index contributed by atoms with van der Waals surface area (Å²) in [5, 5.41) is 0.239. The van der Waals surface area contributed by atoms with Gasteiger partial charge in [-0.05, 0) is 60.2 Å². The lowest BCUT2D eigenvalue weighted by atomic mass is 9.97. The summed E-state index contributed by atoms with van der Waals surface area (Å²) >= 11 is 6.13. The van der Waals surface area contributed by atoms with E-state index in [1.54, 1.807) is 49.5 Å². The fourth-order valence-corrected chi connectivity index (χ4v) is 4.49. The molecule has 0 spiro atoms. The zero-order valence-corrected chi connectivity index (χ0v) is 17.6. The maximum atomic E-state index is 14.6. The highest BCUT2D eigenvalue weighted by Crippen LogP contribution is 2.43. The van der Waals surface area contributed by atoms with Gasteiger partial charge in [-0.15, -0.1) is 0 Å². The number of aryl methyl sites for hydroxylation is 1. The molecule has 7 heteroatoms. The zero-order chi connectivity index (χ0) is 22.1. The van der Waals surface area contributed by atoms with E-state index < -0.39 is 29.7 Å². The molecule has 2 N–H and O–H groups in total. The first kappa shape index (κ1) is 21.0. The Bertz CT molecular complexity index is 1150. The molecule has 0 saturated carbocycles. The third kappa shape index (κ3) is 3.91. The van der Waals surface area contributed by atoms with E-state index in [1.165, 1.54) is 17.2 Å². The van der Waals surface area contributed by atoms with Crippen LogP contribution in [0.25, 0.3) is 0 Å². The normalized spacial score (nSPS) is 15.9. The molecule has 2 aromatic carbocycles.